The summed E-state index contributed by atoms with van der Waals surface area (Å²) in [7, 11) is 3.13. The first-order valence-corrected chi connectivity index (χ1v) is 6.79. The van der Waals surface area contributed by atoms with Crippen molar-refractivity contribution in [1.29, 1.82) is 0 Å². The van der Waals surface area contributed by atoms with Crippen molar-refractivity contribution in [3.63, 3.8) is 0 Å². The Hall–Kier alpha value is -1.91. The van der Waals surface area contributed by atoms with Crippen LogP contribution in [-0.4, -0.2) is 25.9 Å². The van der Waals surface area contributed by atoms with Gasteiger partial charge in [0.05, 0.1) is 14.2 Å². The van der Waals surface area contributed by atoms with Gasteiger partial charge in [-0.25, -0.2) is 0 Å². The molecule has 0 bridgehead atoms. The average molecular weight is 309 g/mol. The normalized spacial score (nSPS) is 11.8. The van der Waals surface area contributed by atoms with Crippen LogP contribution in [0.4, 0.5) is 0 Å². The predicted octanol–water partition coefficient (Wildman–Crippen LogP) is 3.47. The number of hydrogen-bond acceptors (Lipinski definition) is 4. The van der Waals surface area contributed by atoms with Gasteiger partial charge in [0.15, 0.2) is 0 Å². The monoisotopic (exact) mass is 308 g/mol. The molecule has 2 aromatic carbocycles. The molecule has 1 unspecified atom stereocenters. The fourth-order valence-electron chi connectivity index (χ4n) is 1.82. The minimum atomic E-state index is -0.787. The highest BCUT2D eigenvalue weighted by atomic mass is 35.5. The first kappa shape index (κ1) is 15.5. The summed E-state index contributed by atoms with van der Waals surface area (Å²) < 4.78 is 15.9. The predicted molar refractivity (Wildman–Crippen MR) is 81.5 cm³/mol. The molecule has 4 nitrogen and oxygen atoms in total. The third-order valence-electron chi connectivity index (χ3n) is 2.98. The fraction of sp³-hybridized carbons (Fsp3) is 0.250. The molecule has 2 rings (SSSR count). The van der Waals surface area contributed by atoms with E-state index in [1.54, 1.807) is 56.7 Å². The number of rotatable bonds is 6. The van der Waals surface area contributed by atoms with E-state index in [1.807, 2.05) is 0 Å². The molecule has 0 saturated carbocycles. The van der Waals surface area contributed by atoms with Crippen LogP contribution in [0.1, 0.15) is 11.7 Å². The highest BCUT2D eigenvalue weighted by Crippen LogP contribution is 2.27. The molecular formula is C16H17ClO4. The lowest BCUT2D eigenvalue weighted by molar-refractivity contribution is 0.108. The molecule has 21 heavy (non-hydrogen) atoms. The first-order valence-electron chi connectivity index (χ1n) is 6.42. The smallest absolute Gasteiger partial charge is 0.122 e. The maximum absolute atomic E-state index is 10.2. The molecule has 0 spiro atoms. The number of methoxy groups -OCH3 is 2. The van der Waals surface area contributed by atoms with Crippen molar-refractivity contribution in [3.05, 3.63) is 53.1 Å². The van der Waals surface area contributed by atoms with Crippen LogP contribution < -0.4 is 14.2 Å². The van der Waals surface area contributed by atoms with Gasteiger partial charge < -0.3 is 19.3 Å². The third-order valence-corrected chi connectivity index (χ3v) is 3.23. The molecule has 0 aliphatic rings. The van der Waals surface area contributed by atoms with Gasteiger partial charge in [-0.05, 0) is 42.0 Å². The summed E-state index contributed by atoms with van der Waals surface area (Å²) in [4.78, 5) is 0. The molecule has 0 aliphatic heterocycles. The molecule has 0 fully saturated rings. The summed E-state index contributed by atoms with van der Waals surface area (Å²) >= 11 is 5.80. The van der Waals surface area contributed by atoms with Crippen molar-refractivity contribution in [1.82, 2.24) is 0 Å². The van der Waals surface area contributed by atoms with Crippen LogP contribution >= 0.6 is 11.6 Å². The quantitative estimate of drug-likeness (QED) is 0.887. The van der Waals surface area contributed by atoms with E-state index in [1.165, 1.54) is 0 Å². The fourth-order valence-corrected chi connectivity index (χ4v) is 1.95. The van der Waals surface area contributed by atoms with E-state index in [0.29, 0.717) is 27.8 Å². The van der Waals surface area contributed by atoms with Crippen molar-refractivity contribution in [2.45, 2.75) is 6.10 Å². The Labute approximate surface area is 128 Å². The van der Waals surface area contributed by atoms with Gasteiger partial charge in [0.25, 0.3) is 0 Å². The average Bonchev–Trinajstić information content (AvgIpc) is 2.53. The minimum absolute atomic E-state index is 0.123. The van der Waals surface area contributed by atoms with E-state index >= 15 is 0 Å². The van der Waals surface area contributed by atoms with E-state index in [-0.39, 0.29) is 6.61 Å². The van der Waals surface area contributed by atoms with Crippen molar-refractivity contribution in [2.24, 2.45) is 0 Å². The highest BCUT2D eigenvalue weighted by Gasteiger charge is 2.12. The van der Waals surface area contributed by atoms with E-state index in [4.69, 9.17) is 25.8 Å². The molecule has 112 valence electrons. The third kappa shape index (κ3) is 4.28. The molecule has 1 atom stereocenters. The molecule has 0 amide bonds. The topological polar surface area (TPSA) is 47.9 Å². The zero-order valence-corrected chi connectivity index (χ0v) is 12.6. The SMILES string of the molecule is COc1cc(OC)cc(C(O)COc2ccc(Cl)cc2)c1. The van der Waals surface area contributed by atoms with Gasteiger partial charge >= 0.3 is 0 Å². The van der Waals surface area contributed by atoms with Crippen LogP contribution in [0.15, 0.2) is 42.5 Å². The van der Waals surface area contributed by atoms with Crippen LogP contribution in [0, 0.1) is 0 Å². The van der Waals surface area contributed by atoms with Crippen molar-refractivity contribution in [2.75, 3.05) is 20.8 Å². The van der Waals surface area contributed by atoms with E-state index < -0.39 is 6.10 Å². The Bertz CT molecular complexity index is 561. The van der Waals surface area contributed by atoms with Crippen LogP contribution in [0.5, 0.6) is 17.2 Å². The summed E-state index contributed by atoms with van der Waals surface area (Å²) in [5.41, 5.74) is 0.667. The summed E-state index contributed by atoms with van der Waals surface area (Å²) in [5, 5.41) is 10.9. The van der Waals surface area contributed by atoms with Gasteiger partial charge in [-0.15, -0.1) is 0 Å². The lowest BCUT2D eigenvalue weighted by Gasteiger charge is -2.15. The van der Waals surface area contributed by atoms with Crippen molar-refractivity contribution >= 4 is 11.6 Å². The zero-order valence-electron chi connectivity index (χ0n) is 11.9. The molecule has 0 aromatic heterocycles. The molecule has 0 radical (unpaired) electrons. The Balaban J connectivity index is 2.05. The number of benzene rings is 2. The van der Waals surface area contributed by atoms with Crippen LogP contribution in [0.2, 0.25) is 5.02 Å². The largest absolute Gasteiger partial charge is 0.497 e. The Morgan fingerprint density at radius 1 is 0.952 bits per heavy atom. The van der Waals surface area contributed by atoms with E-state index in [9.17, 15) is 5.11 Å². The van der Waals surface area contributed by atoms with Gasteiger partial charge in [-0.2, -0.15) is 0 Å². The van der Waals surface area contributed by atoms with Gasteiger partial charge in [-0.3, -0.25) is 0 Å². The Kier molecular flexibility index (Phi) is 5.31. The number of ether oxygens (including phenoxy) is 3. The van der Waals surface area contributed by atoms with Crippen molar-refractivity contribution in [3.8, 4) is 17.2 Å². The standard InChI is InChI=1S/C16H17ClO4/c1-19-14-7-11(8-15(9-14)20-2)16(18)10-21-13-5-3-12(17)4-6-13/h3-9,16,18H,10H2,1-2H3. The van der Waals surface area contributed by atoms with E-state index in [2.05, 4.69) is 0 Å². The Morgan fingerprint density at radius 3 is 2.05 bits per heavy atom. The maximum atomic E-state index is 10.2. The second kappa shape index (κ2) is 7.20. The van der Waals surface area contributed by atoms with Crippen LogP contribution in [0.25, 0.3) is 0 Å². The van der Waals surface area contributed by atoms with Gasteiger partial charge in [0, 0.05) is 11.1 Å². The molecule has 2 aromatic rings. The summed E-state index contributed by atoms with van der Waals surface area (Å²) in [6.07, 6.45) is -0.787. The number of hydrogen-bond donors (Lipinski definition) is 1. The molecule has 0 saturated heterocycles. The van der Waals surface area contributed by atoms with E-state index in [0.717, 1.165) is 0 Å². The summed E-state index contributed by atoms with van der Waals surface area (Å²) in [5.74, 6) is 1.89. The molecule has 1 N–H and O–H groups in total. The lowest BCUT2D eigenvalue weighted by atomic mass is 10.1. The molecular weight excluding hydrogens is 292 g/mol. The zero-order chi connectivity index (χ0) is 15.2. The number of aliphatic hydroxyl groups is 1. The van der Waals surface area contributed by atoms with Gasteiger partial charge in [-0.1, -0.05) is 11.6 Å². The first-order chi connectivity index (χ1) is 10.1. The summed E-state index contributed by atoms with van der Waals surface area (Å²) in [6.45, 7) is 0.123. The highest BCUT2D eigenvalue weighted by molar-refractivity contribution is 6.30. The minimum Gasteiger partial charge on any atom is -0.497 e. The van der Waals surface area contributed by atoms with Crippen LogP contribution in [0.3, 0.4) is 0 Å². The second-order valence-corrected chi connectivity index (χ2v) is 4.86. The summed E-state index contributed by atoms with van der Waals surface area (Å²) in [6, 6.07) is 12.2. The Morgan fingerprint density at radius 2 is 1.52 bits per heavy atom. The molecule has 0 aliphatic carbocycles. The lowest BCUT2D eigenvalue weighted by Crippen LogP contribution is -2.10. The van der Waals surface area contributed by atoms with Crippen LogP contribution in [-0.2, 0) is 0 Å². The van der Waals surface area contributed by atoms with Gasteiger partial charge in [0.1, 0.15) is 30.0 Å². The van der Waals surface area contributed by atoms with Gasteiger partial charge in [0.2, 0.25) is 0 Å². The second-order valence-electron chi connectivity index (χ2n) is 4.43. The number of halogens is 1. The maximum Gasteiger partial charge on any atom is 0.122 e. The molecule has 5 heteroatoms. The van der Waals surface area contributed by atoms with Crippen molar-refractivity contribution < 1.29 is 19.3 Å². The number of aliphatic hydroxyl groups excluding tert-OH is 1. The molecule has 0 heterocycles.